The van der Waals surface area contributed by atoms with Gasteiger partial charge in [-0.1, -0.05) is 88.7 Å². The Labute approximate surface area is 258 Å². The summed E-state index contributed by atoms with van der Waals surface area (Å²) in [6, 6.07) is 22.0. The van der Waals surface area contributed by atoms with E-state index in [0.717, 1.165) is 29.7 Å². The zero-order valence-electron chi connectivity index (χ0n) is 26.4. The first-order chi connectivity index (χ1) is 20.9. The molecule has 5 heteroatoms. The molecule has 0 unspecified atom stereocenters. The first kappa shape index (κ1) is 34.1. The van der Waals surface area contributed by atoms with Gasteiger partial charge in [-0.3, -0.25) is 0 Å². The molecule has 3 aromatic carbocycles. The number of carbonyl (C=O) groups is 1. The molecule has 232 valence electrons. The number of aliphatic hydroxyl groups excluding tert-OH is 2. The van der Waals surface area contributed by atoms with Gasteiger partial charge in [0.05, 0.1) is 13.2 Å². The molecule has 0 heterocycles. The second-order valence-electron chi connectivity index (χ2n) is 11.3. The number of unbranched alkanes of at least 4 members (excludes halogenated alkanes) is 2. The van der Waals surface area contributed by atoms with Gasteiger partial charge in [0.25, 0.3) is 0 Å². The van der Waals surface area contributed by atoms with Crippen LogP contribution < -0.4 is 4.74 Å². The SMILES string of the molecule is C=C(CC)C(=O)OCCCc1cc(-c2ccc(-c3ccc(CCCCC)cc3)cc2CC)ccc1OCCC(CO)CO. The molecule has 0 amide bonds. The van der Waals surface area contributed by atoms with Gasteiger partial charge >= 0.3 is 5.97 Å². The number of rotatable bonds is 19. The molecule has 43 heavy (non-hydrogen) atoms. The molecule has 0 aliphatic heterocycles. The third-order valence-electron chi connectivity index (χ3n) is 8.05. The van der Waals surface area contributed by atoms with E-state index in [4.69, 9.17) is 9.47 Å². The summed E-state index contributed by atoms with van der Waals surface area (Å²) in [5.74, 6) is 0.235. The predicted molar refractivity (Wildman–Crippen MR) is 176 cm³/mol. The summed E-state index contributed by atoms with van der Waals surface area (Å²) < 4.78 is 11.5. The fraction of sp³-hybridized carbons (Fsp3) is 0.447. The lowest BCUT2D eigenvalue weighted by Crippen LogP contribution is -2.15. The lowest BCUT2D eigenvalue weighted by molar-refractivity contribution is -0.139. The molecule has 0 aliphatic carbocycles. The maximum absolute atomic E-state index is 12.0. The van der Waals surface area contributed by atoms with Gasteiger partial charge in [-0.2, -0.15) is 0 Å². The molecule has 0 spiro atoms. The molecular weight excluding hydrogens is 536 g/mol. The summed E-state index contributed by atoms with van der Waals surface area (Å²) in [6.45, 7) is 10.6. The highest BCUT2D eigenvalue weighted by atomic mass is 16.5. The maximum atomic E-state index is 12.0. The van der Waals surface area contributed by atoms with E-state index in [-0.39, 0.29) is 25.1 Å². The lowest BCUT2D eigenvalue weighted by atomic mass is 9.92. The normalized spacial score (nSPS) is 11.1. The van der Waals surface area contributed by atoms with Crippen LogP contribution in [0.2, 0.25) is 0 Å². The maximum Gasteiger partial charge on any atom is 0.333 e. The molecule has 3 aromatic rings. The van der Waals surface area contributed by atoms with Gasteiger partial charge in [0.2, 0.25) is 0 Å². The van der Waals surface area contributed by atoms with E-state index < -0.39 is 0 Å². The average molecular weight is 587 g/mol. The second-order valence-corrected chi connectivity index (χ2v) is 11.3. The number of benzene rings is 3. The molecule has 0 aliphatic rings. The van der Waals surface area contributed by atoms with Gasteiger partial charge in [0.1, 0.15) is 5.75 Å². The van der Waals surface area contributed by atoms with Crippen LogP contribution in [0.5, 0.6) is 5.75 Å². The molecule has 0 saturated heterocycles. The minimum absolute atomic E-state index is 0.0705. The van der Waals surface area contributed by atoms with Crippen molar-refractivity contribution < 1.29 is 24.5 Å². The fourth-order valence-electron chi connectivity index (χ4n) is 5.12. The van der Waals surface area contributed by atoms with Gasteiger partial charge in [-0.25, -0.2) is 4.79 Å². The van der Waals surface area contributed by atoms with E-state index in [1.807, 2.05) is 13.0 Å². The van der Waals surface area contributed by atoms with E-state index in [9.17, 15) is 15.0 Å². The first-order valence-electron chi connectivity index (χ1n) is 16.0. The molecule has 2 N–H and O–H groups in total. The number of esters is 1. The van der Waals surface area contributed by atoms with Crippen LogP contribution in [0.4, 0.5) is 0 Å². The number of hydrogen-bond donors (Lipinski definition) is 2. The van der Waals surface area contributed by atoms with Crippen LogP contribution in [0.15, 0.2) is 72.8 Å². The van der Waals surface area contributed by atoms with Crippen LogP contribution in [0.3, 0.4) is 0 Å². The van der Waals surface area contributed by atoms with Crippen molar-refractivity contribution >= 4 is 5.97 Å². The van der Waals surface area contributed by atoms with Crippen molar-refractivity contribution in [2.24, 2.45) is 5.92 Å². The van der Waals surface area contributed by atoms with Gasteiger partial charge < -0.3 is 19.7 Å². The monoisotopic (exact) mass is 586 g/mol. The van der Waals surface area contributed by atoms with Gasteiger partial charge in [0, 0.05) is 24.7 Å². The van der Waals surface area contributed by atoms with Gasteiger partial charge in [0.15, 0.2) is 0 Å². The third-order valence-corrected chi connectivity index (χ3v) is 8.05. The summed E-state index contributed by atoms with van der Waals surface area (Å²) in [5.41, 5.74) is 8.97. The Bertz CT molecular complexity index is 1290. The van der Waals surface area contributed by atoms with Crippen molar-refractivity contribution in [2.45, 2.75) is 78.6 Å². The number of aliphatic hydroxyl groups is 2. The number of carbonyl (C=O) groups excluding carboxylic acids is 1. The molecule has 0 bridgehead atoms. The Hall–Kier alpha value is -3.41. The van der Waals surface area contributed by atoms with Crippen LogP contribution in [0.1, 0.15) is 76.0 Å². The number of aryl methyl sites for hydroxylation is 3. The lowest BCUT2D eigenvalue weighted by Gasteiger charge is -2.17. The van der Waals surface area contributed by atoms with Crippen molar-refractivity contribution in [1.82, 2.24) is 0 Å². The quantitative estimate of drug-likeness (QED) is 0.0843. The number of ether oxygens (including phenoxy) is 2. The van der Waals surface area contributed by atoms with Crippen molar-refractivity contribution in [3.05, 3.63) is 89.5 Å². The van der Waals surface area contributed by atoms with Crippen molar-refractivity contribution in [1.29, 1.82) is 0 Å². The molecule has 3 rings (SSSR count). The molecule has 0 atom stereocenters. The van der Waals surface area contributed by atoms with Gasteiger partial charge in [-0.15, -0.1) is 0 Å². The fourth-order valence-corrected chi connectivity index (χ4v) is 5.12. The highest BCUT2D eigenvalue weighted by molar-refractivity contribution is 5.87. The van der Waals surface area contributed by atoms with E-state index >= 15 is 0 Å². The standard InChI is InChI=1S/C38H50O5/c1-5-8-9-11-29-13-15-32(16-14-29)33-17-19-36(31(7-3)24-33)34-18-20-37(42-23-21-30(26-39)27-40)35(25-34)12-10-22-43-38(41)28(4)6-2/h13-20,24-25,30,39-40H,4-12,21-23,26-27H2,1-3H3. The Balaban J connectivity index is 1.81. The highest BCUT2D eigenvalue weighted by Crippen LogP contribution is 2.33. The first-order valence-corrected chi connectivity index (χ1v) is 16.0. The molecule has 5 nitrogen and oxygen atoms in total. The predicted octanol–water partition coefficient (Wildman–Crippen LogP) is 8.13. The van der Waals surface area contributed by atoms with E-state index in [0.29, 0.717) is 44.5 Å². The summed E-state index contributed by atoms with van der Waals surface area (Å²) in [5, 5.41) is 18.8. The largest absolute Gasteiger partial charge is 0.493 e. The third kappa shape index (κ3) is 10.4. The zero-order chi connectivity index (χ0) is 31.0. The second kappa shape index (κ2) is 18.3. The van der Waals surface area contributed by atoms with Crippen LogP contribution in [0.25, 0.3) is 22.3 Å². The smallest absolute Gasteiger partial charge is 0.333 e. The highest BCUT2D eigenvalue weighted by Gasteiger charge is 2.13. The van der Waals surface area contributed by atoms with Crippen molar-refractivity contribution in [3.63, 3.8) is 0 Å². The van der Waals surface area contributed by atoms with Crippen molar-refractivity contribution in [3.8, 4) is 28.0 Å². The summed E-state index contributed by atoms with van der Waals surface area (Å²) in [6.07, 6.45) is 8.27. The number of hydrogen-bond acceptors (Lipinski definition) is 5. The molecular formula is C38H50O5. The summed E-state index contributed by atoms with van der Waals surface area (Å²) in [7, 11) is 0. The summed E-state index contributed by atoms with van der Waals surface area (Å²) >= 11 is 0. The average Bonchev–Trinajstić information content (AvgIpc) is 3.05. The molecule has 0 fully saturated rings. The minimum atomic E-state index is -0.342. The van der Waals surface area contributed by atoms with Crippen molar-refractivity contribution in [2.75, 3.05) is 26.4 Å². The Kier molecular flexibility index (Phi) is 14.5. The van der Waals surface area contributed by atoms with Crippen LogP contribution in [0, 0.1) is 5.92 Å². The van der Waals surface area contributed by atoms with Gasteiger partial charge in [-0.05, 0) is 96.0 Å². The van der Waals surface area contributed by atoms with E-state index in [1.165, 1.54) is 47.1 Å². The van der Waals surface area contributed by atoms with E-state index in [1.54, 1.807) is 0 Å². The Morgan fingerprint density at radius 2 is 1.49 bits per heavy atom. The van der Waals surface area contributed by atoms with Crippen LogP contribution in [-0.4, -0.2) is 42.6 Å². The van der Waals surface area contributed by atoms with E-state index in [2.05, 4.69) is 75.0 Å². The molecule has 0 aromatic heterocycles. The molecule has 0 radical (unpaired) electrons. The van der Waals surface area contributed by atoms with Crippen LogP contribution >= 0.6 is 0 Å². The Morgan fingerprint density at radius 1 is 0.791 bits per heavy atom. The topological polar surface area (TPSA) is 76.0 Å². The molecule has 0 saturated carbocycles. The zero-order valence-corrected chi connectivity index (χ0v) is 26.4. The Morgan fingerprint density at radius 3 is 2.16 bits per heavy atom. The minimum Gasteiger partial charge on any atom is -0.493 e. The van der Waals surface area contributed by atoms with Crippen LogP contribution in [-0.2, 0) is 28.8 Å². The summed E-state index contributed by atoms with van der Waals surface area (Å²) in [4.78, 5) is 12.0.